The number of carbonyl (C=O) groups is 1. The Morgan fingerprint density at radius 3 is 2.52 bits per heavy atom. The van der Waals surface area contributed by atoms with Gasteiger partial charge in [0.05, 0.1) is 0 Å². The van der Waals surface area contributed by atoms with Crippen molar-refractivity contribution in [2.45, 2.75) is 13.3 Å². The fourth-order valence-corrected chi connectivity index (χ4v) is 1.89. The smallest absolute Gasteiger partial charge is 0.168 e. The highest BCUT2D eigenvalue weighted by Gasteiger charge is 2.11. The molecule has 0 bridgehead atoms. The average Bonchev–Trinajstić information content (AvgIpc) is 2.46. The molecule has 0 radical (unpaired) electrons. The van der Waals surface area contributed by atoms with Crippen molar-refractivity contribution < 1.29 is 9.18 Å². The summed E-state index contributed by atoms with van der Waals surface area (Å²) in [7, 11) is 0. The summed E-state index contributed by atoms with van der Waals surface area (Å²) in [5, 5.41) is 0. The highest BCUT2D eigenvalue weighted by molar-refractivity contribution is 5.99. The highest BCUT2D eigenvalue weighted by Crippen LogP contribution is 2.15. The van der Waals surface area contributed by atoms with Gasteiger partial charge in [-0.2, -0.15) is 0 Å². The quantitative estimate of drug-likeness (QED) is 0.463. The Labute approximate surface area is 124 Å². The van der Waals surface area contributed by atoms with Crippen LogP contribution in [0.4, 0.5) is 4.39 Å². The summed E-state index contributed by atoms with van der Waals surface area (Å²) >= 11 is 0. The first-order valence-electron chi connectivity index (χ1n) is 6.60. The average molecular weight is 278 g/mol. The Morgan fingerprint density at radius 1 is 1.14 bits per heavy atom. The molecule has 21 heavy (non-hydrogen) atoms. The molecular formula is C19H15FO. The lowest BCUT2D eigenvalue weighted by molar-refractivity contribution is 0.0992. The standard InChI is InChI=1S/C19H15FO/c1-14(2)12-19(21)18-13-17(20)11-10-16(18)9-8-15-6-4-3-5-7-15/h3-7,10-11,13H,1,12H2,2H3. The minimum absolute atomic E-state index is 0.167. The monoisotopic (exact) mass is 278 g/mol. The summed E-state index contributed by atoms with van der Waals surface area (Å²) in [5.74, 6) is 5.32. The molecule has 0 spiro atoms. The molecule has 2 aromatic carbocycles. The molecule has 0 heterocycles. The molecule has 2 rings (SSSR count). The van der Waals surface area contributed by atoms with Crippen molar-refractivity contribution in [3.63, 3.8) is 0 Å². The lowest BCUT2D eigenvalue weighted by Gasteiger charge is -2.04. The summed E-state index contributed by atoms with van der Waals surface area (Å²) < 4.78 is 13.4. The summed E-state index contributed by atoms with van der Waals surface area (Å²) in [6, 6.07) is 13.5. The number of hydrogen-bond acceptors (Lipinski definition) is 1. The topological polar surface area (TPSA) is 17.1 Å². The van der Waals surface area contributed by atoms with Crippen LogP contribution in [0, 0.1) is 17.7 Å². The van der Waals surface area contributed by atoms with E-state index in [1.54, 1.807) is 6.92 Å². The van der Waals surface area contributed by atoms with E-state index < -0.39 is 5.82 Å². The van der Waals surface area contributed by atoms with Crippen LogP contribution in [0.2, 0.25) is 0 Å². The number of carbonyl (C=O) groups excluding carboxylic acids is 1. The second-order valence-corrected chi connectivity index (χ2v) is 4.86. The third-order valence-corrected chi connectivity index (χ3v) is 2.86. The zero-order valence-corrected chi connectivity index (χ0v) is 11.8. The number of benzene rings is 2. The fourth-order valence-electron chi connectivity index (χ4n) is 1.89. The van der Waals surface area contributed by atoms with Crippen LogP contribution in [0.15, 0.2) is 60.7 Å². The van der Waals surface area contributed by atoms with Crippen LogP contribution in [-0.2, 0) is 0 Å². The molecule has 0 amide bonds. The minimum Gasteiger partial charge on any atom is -0.294 e. The Morgan fingerprint density at radius 2 is 1.86 bits per heavy atom. The normalized spacial score (nSPS) is 9.62. The molecule has 0 fully saturated rings. The van der Waals surface area contributed by atoms with Gasteiger partial charge in [0, 0.05) is 23.1 Å². The van der Waals surface area contributed by atoms with Gasteiger partial charge in [-0.15, -0.1) is 0 Å². The Balaban J connectivity index is 2.38. The maximum Gasteiger partial charge on any atom is 0.168 e. The summed E-state index contributed by atoms with van der Waals surface area (Å²) in [6.07, 6.45) is 0.198. The van der Waals surface area contributed by atoms with Gasteiger partial charge in [0.25, 0.3) is 0 Å². The van der Waals surface area contributed by atoms with Crippen LogP contribution >= 0.6 is 0 Å². The molecule has 104 valence electrons. The van der Waals surface area contributed by atoms with Gasteiger partial charge < -0.3 is 0 Å². The Bertz CT molecular complexity index is 733. The van der Waals surface area contributed by atoms with Gasteiger partial charge in [-0.1, -0.05) is 42.2 Å². The zero-order chi connectivity index (χ0) is 15.2. The van der Waals surface area contributed by atoms with Crippen LogP contribution in [0.5, 0.6) is 0 Å². The van der Waals surface area contributed by atoms with E-state index in [4.69, 9.17) is 0 Å². The third kappa shape index (κ3) is 4.15. The summed E-state index contributed by atoms with van der Waals surface area (Å²) in [6.45, 7) is 5.49. The van der Waals surface area contributed by atoms with Crippen molar-refractivity contribution in [3.05, 3.63) is 83.2 Å². The van der Waals surface area contributed by atoms with E-state index in [9.17, 15) is 9.18 Å². The second kappa shape index (κ2) is 6.67. The van der Waals surface area contributed by atoms with Crippen LogP contribution < -0.4 is 0 Å². The van der Waals surface area contributed by atoms with Crippen molar-refractivity contribution in [2.24, 2.45) is 0 Å². The lowest BCUT2D eigenvalue weighted by Crippen LogP contribution is -2.03. The van der Waals surface area contributed by atoms with Gasteiger partial charge >= 0.3 is 0 Å². The Kier molecular flexibility index (Phi) is 4.68. The third-order valence-electron chi connectivity index (χ3n) is 2.86. The molecule has 0 aliphatic carbocycles. The largest absolute Gasteiger partial charge is 0.294 e. The molecule has 0 saturated heterocycles. The SMILES string of the molecule is C=C(C)CC(=O)c1cc(F)ccc1C#Cc1ccccc1. The summed E-state index contributed by atoms with van der Waals surface area (Å²) in [4.78, 5) is 12.1. The van der Waals surface area contributed by atoms with E-state index in [0.717, 1.165) is 11.1 Å². The van der Waals surface area contributed by atoms with Crippen molar-refractivity contribution in [2.75, 3.05) is 0 Å². The van der Waals surface area contributed by atoms with Crippen molar-refractivity contribution in [1.82, 2.24) is 0 Å². The van der Waals surface area contributed by atoms with Crippen LogP contribution in [0.3, 0.4) is 0 Å². The first-order chi connectivity index (χ1) is 10.1. The van der Waals surface area contributed by atoms with E-state index in [2.05, 4.69) is 18.4 Å². The van der Waals surface area contributed by atoms with Gasteiger partial charge in [-0.3, -0.25) is 4.79 Å². The molecule has 0 aromatic heterocycles. The van der Waals surface area contributed by atoms with E-state index in [1.165, 1.54) is 18.2 Å². The van der Waals surface area contributed by atoms with E-state index in [-0.39, 0.29) is 12.2 Å². The zero-order valence-electron chi connectivity index (χ0n) is 11.8. The highest BCUT2D eigenvalue weighted by atomic mass is 19.1. The van der Waals surface area contributed by atoms with E-state index in [1.807, 2.05) is 30.3 Å². The molecular weight excluding hydrogens is 263 g/mol. The first-order valence-corrected chi connectivity index (χ1v) is 6.60. The maximum atomic E-state index is 13.4. The van der Waals surface area contributed by atoms with E-state index in [0.29, 0.717) is 11.1 Å². The number of halogens is 1. The fraction of sp³-hybridized carbons (Fsp3) is 0.105. The molecule has 2 aromatic rings. The Hall–Kier alpha value is -2.66. The molecule has 0 aliphatic heterocycles. The van der Waals surface area contributed by atoms with Gasteiger partial charge in [0.15, 0.2) is 5.78 Å². The first kappa shape index (κ1) is 14.7. The van der Waals surface area contributed by atoms with Gasteiger partial charge in [0.2, 0.25) is 0 Å². The predicted molar refractivity (Wildman–Crippen MR) is 82.6 cm³/mol. The van der Waals surface area contributed by atoms with Crippen LogP contribution in [0.1, 0.15) is 34.8 Å². The molecule has 0 aliphatic rings. The number of Topliss-reactive ketones (excluding diaryl/α,β-unsaturated/α-hetero) is 1. The summed E-state index contributed by atoms with van der Waals surface area (Å²) in [5.41, 5.74) is 2.43. The van der Waals surface area contributed by atoms with Gasteiger partial charge in [0.1, 0.15) is 5.82 Å². The number of allylic oxidation sites excluding steroid dienone is 1. The molecule has 0 N–H and O–H groups in total. The maximum absolute atomic E-state index is 13.4. The number of rotatable bonds is 3. The van der Waals surface area contributed by atoms with Crippen molar-refractivity contribution >= 4 is 5.78 Å². The second-order valence-electron chi connectivity index (χ2n) is 4.86. The van der Waals surface area contributed by atoms with Gasteiger partial charge in [-0.25, -0.2) is 4.39 Å². The van der Waals surface area contributed by atoms with Crippen LogP contribution in [-0.4, -0.2) is 5.78 Å². The van der Waals surface area contributed by atoms with Crippen LogP contribution in [0.25, 0.3) is 0 Å². The lowest BCUT2D eigenvalue weighted by atomic mass is 9.99. The number of ketones is 1. The molecule has 0 saturated carbocycles. The molecule has 0 unspecified atom stereocenters. The van der Waals surface area contributed by atoms with E-state index >= 15 is 0 Å². The molecule has 1 nitrogen and oxygen atoms in total. The minimum atomic E-state index is -0.440. The van der Waals surface area contributed by atoms with Crippen molar-refractivity contribution in [1.29, 1.82) is 0 Å². The number of hydrogen-bond donors (Lipinski definition) is 0. The van der Waals surface area contributed by atoms with Gasteiger partial charge in [-0.05, 0) is 37.3 Å². The molecule has 2 heteroatoms. The predicted octanol–water partition coefficient (Wildman–Crippen LogP) is 4.37. The van der Waals surface area contributed by atoms with Crippen molar-refractivity contribution in [3.8, 4) is 11.8 Å². The molecule has 0 atom stereocenters.